The predicted molar refractivity (Wildman–Crippen MR) is 103 cm³/mol. The van der Waals surface area contributed by atoms with E-state index in [0.29, 0.717) is 19.4 Å². The van der Waals surface area contributed by atoms with Crippen LogP contribution in [0.1, 0.15) is 18.4 Å². The van der Waals surface area contributed by atoms with E-state index in [9.17, 15) is 9.59 Å². The van der Waals surface area contributed by atoms with Gasteiger partial charge in [-0.2, -0.15) is 5.10 Å². The predicted octanol–water partition coefficient (Wildman–Crippen LogP) is 2.20. The minimum absolute atomic E-state index is 0.202. The quantitative estimate of drug-likeness (QED) is 0.530. The number of aryl methyl sites for hydroxylation is 1. The third-order valence-corrected chi connectivity index (χ3v) is 4.73. The van der Waals surface area contributed by atoms with Gasteiger partial charge in [0.2, 0.25) is 5.91 Å². The number of carbonyl (C=O) groups excluding carboxylic acids is 2. The van der Waals surface area contributed by atoms with Gasteiger partial charge in [-0.15, -0.1) is 0 Å². The van der Waals surface area contributed by atoms with E-state index in [4.69, 9.17) is 4.74 Å². The van der Waals surface area contributed by atoms with Gasteiger partial charge in [0.05, 0.1) is 7.11 Å². The number of halogens is 1. The molecule has 0 radical (unpaired) electrons. The largest absolute Gasteiger partial charge is 0.467 e. The molecule has 142 valence electrons. The number of nitrogens with one attached hydrogen (secondary N) is 2. The normalized spacial score (nSPS) is 12.1. The fourth-order valence-corrected chi connectivity index (χ4v) is 3.25. The molecule has 0 fully saturated rings. The van der Waals surface area contributed by atoms with Crippen molar-refractivity contribution in [2.75, 3.05) is 7.11 Å². The number of amides is 1. The molecule has 0 unspecified atom stereocenters. The van der Waals surface area contributed by atoms with E-state index in [1.807, 2.05) is 24.4 Å². The molecule has 0 aliphatic rings. The van der Waals surface area contributed by atoms with E-state index in [2.05, 4.69) is 36.3 Å². The Morgan fingerprint density at radius 3 is 3.00 bits per heavy atom. The Hall–Kier alpha value is -2.68. The van der Waals surface area contributed by atoms with Crippen molar-refractivity contribution in [3.8, 4) is 0 Å². The summed E-state index contributed by atoms with van der Waals surface area (Å²) in [6.45, 7) is 0.590. The number of esters is 1. The van der Waals surface area contributed by atoms with Gasteiger partial charge in [0.1, 0.15) is 18.7 Å². The third kappa shape index (κ3) is 4.94. The monoisotopic (exact) mass is 433 g/mol. The number of rotatable bonds is 8. The van der Waals surface area contributed by atoms with Gasteiger partial charge in [0.25, 0.3) is 0 Å². The molecule has 27 heavy (non-hydrogen) atoms. The number of nitrogens with zero attached hydrogens (tertiary/aromatic N) is 3. The lowest BCUT2D eigenvalue weighted by Gasteiger charge is -2.16. The van der Waals surface area contributed by atoms with Crippen LogP contribution in [0.15, 0.2) is 41.5 Å². The average molecular weight is 434 g/mol. The zero-order valence-corrected chi connectivity index (χ0v) is 16.4. The molecule has 2 heterocycles. The average Bonchev–Trinajstić information content (AvgIpc) is 3.30. The second-order valence-electron chi connectivity index (χ2n) is 6.11. The molecule has 1 atom stereocenters. The molecule has 9 heteroatoms. The molecule has 2 N–H and O–H groups in total. The van der Waals surface area contributed by atoms with Gasteiger partial charge in [-0.3, -0.25) is 9.48 Å². The van der Waals surface area contributed by atoms with E-state index < -0.39 is 12.0 Å². The summed E-state index contributed by atoms with van der Waals surface area (Å²) in [5, 5.41) is 7.77. The fraction of sp³-hybridized carbons (Fsp3) is 0.333. The number of aromatic nitrogens is 4. The summed E-state index contributed by atoms with van der Waals surface area (Å²) in [5.41, 5.74) is 1.90. The highest BCUT2D eigenvalue weighted by atomic mass is 79.9. The molecule has 1 aromatic carbocycles. The summed E-state index contributed by atoms with van der Waals surface area (Å²) in [6, 6.07) is 5.14. The van der Waals surface area contributed by atoms with Crippen LogP contribution in [0.2, 0.25) is 0 Å². The van der Waals surface area contributed by atoms with Gasteiger partial charge in [-0.05, 0) is 30.2 Å². The lowest BCUT2D eigenvalue weighted by atomic mass is 10.0. The number of H-pyrrole nitrogens is 1. The highest BCUT2D eigenvalue weighted by Gasteiger charge is 2.23. The zero-order chi connectivity index (χ0) is 19.2. The molecular formula is C18H20BrN5O3. The molecule has 0 aliphatic carbocycles. The number of carbonyl (C=O) groups is 2. The number of hydrogen-bond donors (Lipinski definition) is 2. The number of benzene rings is 1. The van der Waals surface area contributed by atoms with Crippen molar-refractivity contribution in [2.24, 2.45) is 0 Å². The first-order valence-electron chi connectivity index (χ1n) is 8.52. The first-order valence-corrected chi connectivity index (χ1v) is 9.31. The van der Waals surface area contributed by atoms with Gasteiger partial charge >= 0.3 is 5.97 Å². The molecule has 3 aromatic rings. The van der Waals surface area contributed by atoms with Gasteiger partial charge < -0.3 is 15.0 Å². The van der Waals surface area contributed by atoms with Gasteiger partial charge in [-0.25, -0.2) is 9.78 Å². The van der Waals surface area contributed by atoms with Crippen LogP contribution >= 0.6 is 15.9 Å². The summed E-state index contributed by atoms with van der Waals surface area (Å²) < 4.78 is 7.47. The Labute approximate surface area is 164 Å². The first kappa shape index (κ1) is 19.1. The maximum absolute atomic E-state index is 12.3. The highest BCUT2D eigenvalue weighted by Crippen LogP contribution is 2.23. The Morgan fingerprint density at radius 1 is 1.41 bits per heavy atom. The minimum atomic E-state index is -0.744. The number of ether oxygens (including phenoxy) is 1. The molecule has 0 aliphatic heterocycles. The molecule has 3 rings (SSSR count). The maximum atomic E-state index is 12.3. The topological polar surface area (TPSA) is 102 Å². The van der Waals surface area contributed by atoms with Crippen molar-refractivity contribution >= 4 is 38.7 Å². The maximum Gasteiger partial charge on any atom is 0.328 e. The van der Waals surface area contributed by atoms with Crippen molar-refractivity contribution in [2.45, 2.75) is 31.8 Å². The number of hydrogen-bond acceptors (Lipinski definition) is 5. The molecule has 0 saturated carbocycles. The van der Waals surface area contributed by atoms with Crippen molar-refractivity contribution in [3.05, 3.63) is 47.1 Å². The van der Waals surface area contributed by atoms with Crippen molar-refractivity contribution in [3.63, 3.8) is 0 Å². The van der Waals surface area contributed by atoms with E-state index >= 15 is 0 Å². The summed E-state index contributed by atoms with van der Waals surface area (Å²) in [7, 11) is 1.32. The molecular weight excluding hydrogens is 414 g/mol. The number of fused-ring (bicyclic) bond motifs is 1. The molecule has 0 spiro atoms. The van der Waals surface area contributed by atoms with E-state index in [1.165, 1.54) is 13.4 Å². The third-order valence-electron chi connectivity index (χ3n) is 4.23. The summed E-state index contributed by atoms with van der Waals surface area (Å²) >= 11 is 3.46. The fourth-order valence-electron chi connectivity index (χ4n) is 2.89. The van der Waals surface area contributed by atoms with Crippen molar-refractivity contribution in [1.29, 1.82) is 0 Å². The highest BCUT2D eigenvalue weighted by molar-refractivity contribution is 9.10. The SMILES string of the molecule is COC(=O)[C@H](Cc1c[nH]c2ccc(Br)cc12)NC(=O)CCCn1cncn1. The standard InChI is InChI=1S/C18H20BrN5O3/c1-27-18(26)16(23-17(25)3-2-6-24-11-20-10-22-24)7-12-9-21-15-5-4-13(19)8-14(12)15/h4-5,8-11,16,21H,2-3,6-7H2,1H3,(H,23,25)/t16-/m0/s1. The summed E-state index contributed by atoms with van der Waals surface area (Å²) in [6.07, 6.45) is 6.13. The van der Waals surface area contributed by atoms with Crippen LogP contribution < -0.4 is 5.32 Å². The van der Waals surface area contributed by atoms with Crippen LogP contribution in [0.3, 0.4) is 0 Å². The molecule has 0 bridgehead atoms. The van der Waals surface area contributed by atoms with Gasteiger partial charge in [0.15, 0.2) is 0 Å². The lowest BCUT2D eigenvalue weighted by molar-refractivity contribution is -0.145. The molecule has 1 amide bonds. The smallest absolute Gasteiger partial charge is 0.328 e. The van der Waals surface area contributed by atoms with Gasteiger partial charge in [0, 0.05) is 41.0 Å². The van der Waals surface area contributed by atoms with Gasteiger partial charge in [-0.1, -0.05) is 15.9 Å². The van der Waals surface area contributed by atoms with Crippen LogP contribution in [-0.4, -0.2) is 44.8 Å². The summed E-state index contributed by atoms with van der Waals surface area (Å²) in [5.74, 6) is -0.671. The first-order chi connectivity index (χ1) is 13.1. The number of aromatic amines is 1. The van der Waals surface area contributed by atoms with Crippen molar-refractivity contribution in [1.82, 2.24) is 25.1 Å². The van der Waals surface area contributed by atoms with E-state index in [-0.39, 0.29) is 12.3 Å². The minimum Gasteiger partial charge on any atom is -0.467 e. The zero-order valence-electron chi connectivity index (χ0n) is 14.8. The second-order valence-corrected chi connectivity index (χ2v) is 7.03. The molecule has 8 nitrogen and oxygen atoms in total. The van der Waals surface area contributed by atoms with Crippen LogP contribution in [0.5, 0.6) is 0 Å². The Balaban J connectivity index is 1.63. The van der Waals surface area contributed by atoms with E-state index in [0.717, 1.165) is 20.9 Å². The summed E-state index contributed by atoms with van der Waals surface area (Å²) in [4.78, 5) is 31.5. The molecule has 0 saturated heterocycles. The lowest BCUT2D eigenvalue weighted by Crippen LogP contribution is -2.43. The molecule has 2 aromatic heterocycles. The van der Waals surface area contributed by atoms with Crippen LogP contribution in [0, 0.1) is 0 Å². The van der Waals surface area contributed by atoms with Crippen LogP contribution in [-0.2, 0) is 27.3 Å². The Morgan fingerprint density at radius 2 is 2.26 bits per heavy atom. The Kier molecular flexibility index (Phi) is 6.23. The Bertz CT molecular complexity index is 922. The number of methoxy groups -OCH3 is 1. The second kappa shape index (κ2) is 8.81. The van der Waals surface area contributed by atoms with Crippen LogP contribution in [0.4, 0.5) is 0 Å². The van der Waals surface area contributed by atoms with Crippen molar-refractivity contribution < 1.29 is 14.3 Å². The van der Waals surface area contributed by atoms with E-state index in [1.54, 1.807) is 11.0 Å². The van der Waals surface area contributed by atoms with Crippen LogP contribution in [0.25, 0.3) is 10.9 Å².